The number of nitro groups is 2. The predicted molar refractivity (Wildman–Crippen MR) is 148 cm³/mol. The highest BCUT2D eigenvalue weighted by molar-refractivity contribution is 5.98. The summed E-state index contributed by atoms with van der Waals surface area (Å²) >= 11 is 0. The number of nitro benzene ring substituents is 2. The van der Waals surface area contributed by atoms with Gasteiger partial charge in [0.1, 0.15) is 12.3 Å². The Balaban J connectivity index is 1.90. The molecular formula is C28H32N4O9. The molecule has 218 valence electrons. The Kier molecular flexibility index (Phi) is 9.66. The van der Waals surface area contributed by atoms with Gasteiger partial charge in [-0.2, -0.15) is 0 Å². The number of benzene rings is 2. The zero-order chi connectivity index (χ0) is 30.3. The minimum atomic E-state index is -0.911. The van der Waals surface area contributed by atoms with Crippen molar-refractivity contribution in [3.8, 4) is 11.5 Å². The van der Waals surface area contributed by atoms with Crippen molar-refractivity contribution in [1.29, 1.82) is 0 Å². The molecule has 0 spiro atoms. The molecule has 0 radical (unpaired) electrons. The average molecular weight is 569 g/mol. The second kappa shape index (κ2) is 12.9. The third kappa shape index (κ3) is 7.81. The quantitative estimate of drug-likeness (QED) is 0.224. The molecule has 3 rings (SSSR count). The molecule has 1 heterocycles. The van der Waals surface area contributed by atoms with Gasteiger partial charge in [0.15, 0.2) is 11.5 Å². The molecule has 0 saturated heterocycles. The van der Waals surface area contributed by atoms with Gasteiger partial charge in [-0.3, -0.25) is 29.8 Å². The molecule has 3 aromatic rings. The minimum absolute atomic E-state index is 0.133. The van der Waals surface area contributed by atoms with Crippen LogP contribution in [-0.2, 0) is 17.8 Å². The fraction of sp³-hybridized carbons (Fsp3) is 0.357. The van der Waals surface area contributed by atoms with Crippen molar-refractivity contribution >= 4 is 23.2 Å². The normalized spacial score (nSPS) is 11.0. The Hall–Kier alpha value is -4.94. The Bertz CT molecular complexity index is 1380. The van der Waals surface area contributed by atoms with E-state index in [1.54, 1.807) is 39.0 Å². The lowest BCUT2D eigenvalue weighted by molar-refractivity contribution is -0.394. The van der Waals surface area contributed by atoms with E-state index in [-0.39, 0.29) is 25.2 Å². The van der Waals surface area contributed by atoms with Crippen LogP contribution in [0.5, 0.6) is 11.5 Å². The maximum Gasteiger partial charge on any atom is 0.277 e. The van der Waals surface area contributed by atoms with E-state index in [2.05, 4.69) is 0 Å². The molecule has 0 unspecified atom stereocenters. The molecule has 0 aliphatic rings. The molecule has 2 amide bonds. The summed E-state index contributed by atoms with van der Waals surface area (Å²) in [6, 6.07) is 11.6. The number of methoxy groups -OCH3 is 2. The fourth-order valence-corrected chi connectivity index (χ4v) is 4.12. The van der Waals surface area contributed by atoms with Crippen LogP contribution in [0.4, 0.5) is 11.4 Å². The predicted octanol–water partition coefficient (Wildman–Crippen LogP) is 4.63. The van der Waals surface area contributed by atoms with Gasteiger partial charge < -0.3 is 23.7 Å². The van der Waals surface area contributed by atoms with Gasteiger partial charge >= 0.3 is 0 Å². The van der Waals surface area contributed by atoms with E-state index in [0.29, 0.717) is 23.7 Å². The number of carbonyl (C=O) groups excluding carboxylic acids is 2. The van der Waals surface area contributed by atoms with Gasteiger partial charge in [-0.25, -0.2) is 0 Å². The van der Waals surface area contributed by atoms with Crippen LogP contribution in [0, 0.1) is 20.2 Å². The molecule has 0 saturated carbocycles. The van der Waals surface area contributed by atoms with Crippen LogP contribution in [0.2, 0.25) is 0 Å². The molecule has 13 nitrogen and oxygen atoms in total. The second-order valence-corrected chi connectivity index (χ2v) is 10.1. The summed E-state index contributed by atoms with van der Waals surface area (Å²) in [6.45, 7) is 5.11. The first-order valence-electron chi connectivity index (χ1n) is 12.6. The van der Waals surface area contributed by atoms with Crippen molar-refractivity contribution in [3.05, 3.63) is 91.9 Å². The number of ether oxygens (including phenoxy) is 2. The van der Waals surface area contributed by atoms with E-state index in [4.69, 9.17) is 13.9 Å². The van der Waals surface area contributed by atoms with E-state index in [0.717, 1.165) is 23.8 Å². The van der Waals surface area contributed by atoms with Crippen LogP contribution in [0.25, 0.3) is 0 Å². The first kappa shape index (κ1) is 30.6. The molecule has 0 atom stereocenters. The second-order valence-electron chi connectivity index (χ2n) is 10.1. The standard InChI is InChI=1S/C28H32N4O9/c1-28(2,3)30(27(34)20-14-21(31(35)36)16-22(15-20)32(37)38)18-26(33)29(17-23-7-6-12-41-23)11-10-19-8-9-24(39-4)25(13-19)40-5/h6-9,12-16H,10-11,17-18H2,1-5H3. The number of rotatable bonds is 12. The lowest BCUT2D eigenvalue weighted by atomic mass is 10.0. The zero-order valence-electron chi connectivity index (χ0n) is 23.5. The molecule has 0 aliphatic carbocycles. The summed E-state index contributed by atoms with van der Waals surface area (Å²) in [7, 11) is 3.07. The van der Waals surface area contributed by atoms with Gasteiger partial charge in [-0.1, -0.05) is 6.07 Å². The van der Waals surface area contributed by atoms with Crippen molar-refractivity contribution in [2.24, 2.45) is 0 Å². The number of hydrogen-bond donors (Lipinski definition) is 0. The topological polar surface area (TPSA) is 158 Å². The Morgan fingerprint density at radius 1 is 0.927 bits per heavy atom. The Morgan fingerprint density at radius 3 is 2.07 bits per heavy atom. The third-order valence-electron chi connectivity index (χ3n) is 6.32. The van der Waals surface area contributed by atoms with Gasteiger partial charge in [0, 0.05) is 24.2 Å². The molecule has 0 N–H and O–H groups in total. The van der Waals surface area contributed by atoms with Crippen LogP contribution < -0.4 is 9.47 Å². The van der Waals surface area contributed by atoms with Gasteiger partial charge in [0.2, 0.25) is 5.91 Å². The van der Waals surface area contributed by atoms with E-state index in [1.165, 1.54) is 30.3 Å². The first-order valence-corrected chi connectivity index (χ1v) is 12.6. The Labute approximate surface area is 236 Å². The highest BCUT2D eigenvalue weighted by Crippen LogP contribution is 2.28. The number of carbonyl (C=O) groups is 2. The van der Waals surface area contributed by atoms with E-state index >= 15 is 0 Å². The summed E-state index contributed by atoms with van der Waals surface area (Å²) in [5, 5.41) is 22.7. The zero-order valence-corrected chi connectivity index (χ0v) is 23.5. The van der Waals surface area contributed by atoms with E-state index in [9.17, 15) is 29.8 Å². The number of furan rings is 1. The van der Waals surface area contributed by atoms with Crippen molar-refractivity contribution in [3.63, 3.8) is 0 Å². The van der Waals surface area contributed by atoms with E-state index in [1.807, 2.05) is 12.1 Å². The summed E-state index contributed by atoms with van der Waals surface area (Å²) in [5.74, 6) is 0.485. The van der Waals surface area contributed by atoms with Gasteiger partial charge in [-0.05, 0) is 57.0 Å². The minimum Gasteiger partial charge on any atom is -0.493 e. The van der Waals surface area contributed by atoms with Crippen molar-refractivity contribution in [2.75, 3.05) is 27.3 Å². The van der Waals surface area contributed by atoms with Crippen LogP contribution in [0.3, 0.4) is 0 Å². The van der Waals surface area contributed by atoms with Crippen molar-refractivity contribution in [2.45, 2.75) is 39.3 Å². The van der Waals surface area contributed by atoms with Crippen molar-refractivity contribution < 1.29 is 33.3 Å². The largest absolute Gasteiger partial charge is 0.493 e. The Morgan fingerprint density at radius 2 is 1.56 bits per heavy atom. The number of nitrogens with zero attached hydrogens (tertiary/aromatic N) is 4. The molecular weight excluding hydrogens is 536 g/mol. The fourth-order valence-electron chi connectivity index (χ4n) is 4.12. The lowest BCUT2D eigenvalue weighted by Crippen LogP contribution is -2.51. The average Bonchev–Trinajstić information content (AvgIpc) is 3.45. The highest BCUT2D eigenvalue weighted by atomic mass is 16.6. The molecule has 0 bridgehead atoms. The van der Waals surface area contributed by atoms with Gasteiger partial charge in [0.05, 0.1) is 48.5 Å². The summed E-state index contributed by atoms with van der Waals surface area (Å²) in [6.07, 6.45) is 1.94. The van der Waals surface area contributed by atoms with Gasteiger partial charge in [-0.15, -0.1) is 0 Å². The van der Waals surface area contributed by atoms with Crippen LogP contribution >= 0.6 is 0 Å². The SMILES string of the molecule is COc1ccc(CCN(Cc2ccco2)C(=O)CN(C(=O)c2cc([N+](=O)[O-])cc([N+](=O)[O-])c2)C(C)(C)C)cc1OC. The maximum atomic E-state index is 13.7. The maximum absolute atomic E-state index is 13.7. The van der Waals surface area contributed by atoms with Crippen molar-refractivity contribution in [1.82, 2.24) is 9.80 Å². The monoisotopic (exact) mass is 568 g/mol. The molecule has 13 heteroatoms. The first-order chi connectivity index (χ1) is 19.3. The molecule has 41 heavy (non-hydrogen) atoms. The summed E-state index contributed by atoms with van der Waals surface area (Å²) < 4.78 is 16.1. The molecule has 0 fully saturated rings. The smallest absolute Gasteiger partial charge is 0.277 e. The lowest BCUT2D eigenvalue weighted by Gasteiger charge is -2.36. The molecule has 2 aromatic carbocycles. The number of non-ortho nitro benzene ring substituents is 2. The molecule has 1 aromatic heterocycles. The molecule has 0 aliphatic heterocycles. The third-order valence-corrected chi connectivity index (χ3v) is 6.32. The number of amides is 2. The summed E-state index contributed by atoms with van der Waals surface area (Å²) in [5.41, 5.74) is -1.50. The van der Waals surface area contributed by atoms with Crippen LogP contribution in [-0.4, -0.2) is 64.3 Å². The van der Waals surface area contributed by atoms with Gasteiger partial charge in [0.25, 0.3) is 17.3 Å². The van der Waals surface area contributed by atoms with Crippen LogP contribution in [0.15, 0.2) is 59.2 Å². The van der Waals surface area contributed by atoms with E-state index < -0.39 is 38.6 Å². The highest BCUT2D eigenvalue weighted by Gasteiger charge is 2.33. The van der Waals surface area contributed by atoms with Crippen LogP contribution in [0.1, 0.15) is 42.5 Å². The number of hydrogen-bond acceptors (Lipinski definition) is 9. The summed E-state index contributed by atoms with van der Waals surface area (Å²) in [4.78, 5) is 51.2.